The zero-order valence-electron chi connectivity index (χ0n) is 6.59. The highest BCUT2D eigenvalue weighted by atomic mass is 16.1. The molecule has 10 heavy (non-hydrogen) atoms. The van der Waals surface area contributed by atoms with Crippen molar-refractivity contribution in [2.45, 2.75) is 33.1 Å². The van der Waals surface area contributed by atoms with Crippen molar-refractivity contribution >= 4 is 12.1 Å². The van der Waals surface area contributed by atoms with Crippen LogP contribution in [-0.2, 0) is 9.59 Å². The van der Waals surface area contributed by atoms with Gasteiger partial charge in [-0.15, -0.1) is 0 Å². The third-order valence-corrected chi connectivity index (χ3v) is 1.58. The number of carbonyl (C=O) groups is 2. The topological polar surface area (TPSA) is 34.1 Å². The fourth-order valence-electron chi connectivity index (χ4n) is 0.937. The Kier molecular flexibility index (Phi) is 4.81. The lowest BCUT2D eigenvalue weighted by Crippen LogP contribution is -2.04. The minimum atomic E-state index is 0.175. The Balaban J connectivity index is 3.59. The molecule has 0 heterocycles. The second kappa shape index (κ2) is 5.15. The Morgan fingerprint density at radius 3 is 2.50 bits per heavy atom. The predicted octanol–water partition coefficient (Wildman–Crippen LogP) is 1.58. The fraction of sp³-hybridized carbons (Fsp3) is 0.750. The first-order chi connectivity index (χ1) is 4.70. The van der Waals surface area contributed by atoms with Gasteiger partial charge in [-0.2, -0.15) is 0 Å². The van der Waals surface area contributed by atoms with Gasteiger partial charge in [0.15, 0.2) is 0 Å². The normalized spacial score (nSPS) is 12.6. The minimum absolute atomic E-state index is 0.175. The number of carbonyl (C=O) groups excluding carboxylic acids is 2. The largest absolute Gasteiger partial charge is 0.303 e. The van der Waals surface area contributed by atoms with Crippen molar-refractivity contribution in [3.8, 4) is 0 Å². The van der Waals surface area contributed by atoms with E-state index in [9.17, 15) is 9.59 Å². The van der Waals surface area contributed by atoms with Gasteiger partial charge >= 0.3 is 0 Å². The molecule has 0 aromatic rings. The lowest BCUT2D eigenvalue weighted by molar-refractivity contribution is -0.118. The number of ketones is 1. The Hall–Kier alpha value is -0.660. The van der Waals surface area contributed by atoms with Crippen LogP contribution in [0.4, 0.5) is 0 Å². The molecule has 0 bridgehead atoms. The van der Waals surface area contributed by atoms with Crippen LogP contribution in [0, 0.1) is 5.92 Å². The smallest absolute Gasteiger partial charge is 0.130 e. The van der Waals surface area contributed by atoms with E-state index in [1.54, 1.807) is 6.92 Å². The van der Waals surface area contributed by atoms with Crippen molar-refractivity contribution in [3.05, 3.63) is 0 Å². The summed E-state index contributed by atoms with van der Waals surface area (Å²) < 4.78 is 0. The van der Waals surface area contributed by atoms with Gasteiger partial charge in [0.25, 0.3) is 0 Å². The lowest BCUT2D eigenvalue weighted by Gasteiger charge is -2.06. The second-order valence-corrected chi connectivity index (χ2v) is 2.58. The molecule has 0 radical (unpaired) electrons. The molecule has 58 valence electrons. The first-order valence-corrected chi connectivity index (χ1v) is 3.63. The van der Waals surface area contributed by atoms with Gasteiger partial charge in [0.1, 0.15) is 12.1 Å². The van der Waals surface area contributed by atoms with E-state index < -0.39 is 0 Å². The molecule has 0 saturated heterocycles. The van der Waals surface area contributed by atoms with Crippen LogP contribution in [0.25, 0.3) is 0 Å². The standard InChI is InChI=1S/C8H14O2/c1-3-8(4-5-9)6-7(2)10/h5,8H,3-4,6H2,1-2H3. The van der Waals surface area contributed by atoms with Crippen LogP contribution in [0.3, 0.4) is 0 Å². The molecule has 0 aliphatic heterocycles. The van der Waals surface area contributed by atoms with Crippen LogP contribution < -0.4 is 0 Å². The molecule has 0 amide bonds. The van der Waals surface area contributed by atoms with E-state index in [4.69, 9.17) is 0 Å². The first-order valence-electron chi connectivity index (χ1n) is 3.63. The van der Waals surface area contributed by atoms with Crippen molar-refractivity contribution in [2.75, 3.05) is 0 Å². The van der Waals surface area contributed by atoms with Crippen molar-refractivity contribution in [3.63, 3.8) is 0 Å². The molecule has 0 fully saturated rings. The molecule has 1 atom stereocenters. The molecule has 0 N–H and O–H groups in total. The molecule has 0 aromatic heterocycles. The van der Waals surface area contributed by atoms with Gasteiger partial charge in [0, 0.05) is 12.8 Å². The van der Waals surface area contributed by atoms with Crippen LogP contribution in [0.2, 0.25) is 0 Å². The molecule has 0 aliphatic rings. The van der Waals surface area contributed by atoms with E-state index in [-0.39, 0.29) is 11.7 Å². The number of rotatable bonds is 5. The highest BCUT2D eigenvalue weighted by Gasteiger charge is 2.07. The zero-order chi connectivity index (χ0) is 7.98. The van der Waals surface area contributed by atoms with E-state index in [2.05, 4.69) is 0 Å². The average Bonchev–Trinajstić information content (AvgIpc) is 1.86. The minimum Gasteiger partial charge on any atom is -0.303 e. The maximum absolute atomic E-state index is 10.6. The SMILES string of the molecule is CCC(CC=O)CC(C)=O. The molecule has 2 heteroatoms. The average molecular weight is 142 g/mol. The summed E-state index contributed by atoms with van der Waals surface area (Å²) >= 11 is 0. The summed E-state index contributed by atoms with van der Waals surface area (Å²) in [5.41, 5.74) is 0. The summed E-state index contributed by atoms with van der Waals surface area (Å²) in [6.45, 7) is 3.56. The molecule has 0 saturated carbocycles. The first kappa shape index (κ1) is 9.34. The quantitative estimate of drug-likeness (QED) is 0.546. The van der Waals surface area contributed by atoms with Gasteiger partial charge in [-0.25, -0.2) is 0 Å². The van der Waals surface area contributed by atoms with Gasteiger partial charge in [-0.05, 0) is 12.8 Å². The summed E-state index contributed by atoms with van der Waals surface area (Å²) in [5, 5.41) is 0. The molecule has 0 spiro atoms. The predicted molar refractivity (Wildman–Crippen MR) is 39.8 cm³/mol. The molecule has 0 aromatic carbocycles. The highest BCUT2D eigenvalue weighted by molar-refractivity contribution is 5.76. The summed E-state index contributed by atoms with van der Waals surface area (Å²) in [7, 11) is 0. The fourth-order valence-corrected chi connectivity index (χ4v) is 0.937. The molecule has 0 aliphatic carbocycles. The number of hydrogen-bond donors (Lipinski definition) is 0. The summed E-state index contributed by atoms with van der Waals surface area (Å²) in [6.07, 6.45) is 2.88. The summed E-state index contributed by atoms with van der Waals surface area (Å²) in [6, 6.07) is 0. The van der Waals surface area contributed by atoms with Crippen LogP contribution in [0.1, 0.15) is 33.1 Å². The maximum Gasteiger partial charge on any atom is 0.130 e. The van der Waals surface area contributed by atoms with Crippen LogP contribution >= 0.6 is 0 Å². The van der Waals surface area contributed by atoms with Crippen molar-refractivity contribution in [1.82, 2.24) is 0 Å². The van der Waals surface area contributed by atoms with Crippen molar-refractivity contribution < 1.29 is 9.59 Å². The van der Waals surface area contributed by atoms with Gasteiger partial charge in [-0.1, -0.05) is 13.3 Å². The Labute approximate surface area is 61.6 Å². The Morgan fingerprint density at radius 2 is 2.20 bits per heavy atom. The third kappa shape index (κ3) is 4.24. The highest BCUT2D eigenvalue weighted by Crippen LogP contribution is 2.11. The number of Topliss-reactive ketones (excluding diaryl/α,β-unsaturated/α-hetero) is 1. The summed E-state index contributed by atoms with van der Waals surface area (Å²) in [4.78, 5) is 20.6. The maximum atomic E-state index is 10.6. The van der Waals surface area contributed by atoms with E-state index >= 15 is 0 Å². The third-order valence-electron chi connectivity index (χ3n) is 1.58. The molecule has 1 unspecified atom stereocenters. The molecule has 0 rings (SSSR count). The van der Waals surface area contributed by atoms with Crippen LogP contribution in [-0.4, -0.2) is 12.1 Å². The van der Waals surface area contributed by atoms with E-state index in [0.29, 0.717) is 12.8 Å². The zero-order valence-corrected chi connectivity index (χ0v) is 6.59. The van der Waals surface area contributed by atoms with E-state index in [1.807, 2.05) is 6.92 Å². The van der Waals surface area contributed by atoms with Gasteiger partial charge in [0.05, 0.1) is 0 Å². The summed E-state index contributed by atoms with van der Waals surface area (Å²) in [5.74, 6) is 0.448. The number of hydrogen-bond acceptors (Lipinski definition) is 2. The number of aldehydes is 1. The lowest BCUT2D eigenvalue weighted by atomic mass is 9.97. The van der Waals surface area contributed by atoms with Crippen molar-refractivity contribution in [1.29, 1.82) is 0 Å². The monoisotopic (exact) mass is 142 g/mol. The second-order valence-electron chi connectivity index (χ2n) is 2.58. The molecular weight excluding hydrogens is 128 g/mol. The van der Waals surface area contributed by atoms with Crippen molar-refractivity contribution in [2.24, 2.45) is 5.92 Å². The van der Waals surface area contributed by atoms with Gasteiger partial charge in [-0.3, -0.25) is 0 Å². The van der Waals surface area contributed by atoms with E-state index in [1.165, 1.54) is 0 Å². The van der Waals surface area contributed by atoms with E-state index in [0.717, 1.165) is 12.7 Å². The molecular formula is C8H14O2. The van der Waals surface area contributed by atoms with Crippen LogP contribution in [0.15, 0.2) is 0 Å². The van der Waals surface area contributed by atoms with Crippen LogP contribution in [0.5, 0.6) is 0 Å². The van der Waals surface area contributed by atoms with Gasteiger partial charge < -0.3 is 9.59 Å². The Morgan fingerprint density at radius 1 is 1.60 bits per heavy atom. The Bertz CT molecular complexity index is 118. The molecule has 2 nitrogen and oxygen atoms in total. The van der Waals surface area contributed by atoms with Gasteiger partial charge in [0.2, 0.25) is 0 Å².